The molecule has 1 N–H and O–H groups in total. The molecule has 1 amide bonds. The van der Waals surface area contributed by atoms with Gasteiger partial charge in [0.05, 0.1) is 0 Å². The van der Waals surface area contributed by atoms with Gasteiger partial charge in [-0.1, -0.05) is 43.3 Å². The van der Waals surface area contributed by atoms with E-state index in [4.69, 9.17) is 4.74 Å². The highest BCUT2D eigenvalue weighted by Gasteiger charge is 2.22. The van der Waals surface area contributed by atoms with Gasteiger partial charge in [0, 0.05) is 29.6 Å². The predicted molar refractivity (Wildman–Crippen MR) is 137 cm³/mol. The Balaban J connectivity index is 1.50. The maximum atomic E-state index is 12.9. The van der Waals surface area contributed by atoms with Gasteiger partial charge in [-0.2, -0.15) is 0 Å². The van der Waals surface area contributed by atoms with E-state index in [0.29, 0.717) is 17.2 Å². The lowest BCUT2D eigenvalue weighted by molar-refractivity contribution is 0.0697. The van der Waals surface area contributed by atoms with E-state index in [-0.39, 0.29) is 11.7 Å². The summed E-state index contributed by atoms with van der Waals surface area (Å²) in [5.41, 5.74) is 3.83. The van der Waals surface area contributed by atoms with Crippen LogP contribution in [0.2, 0.25) is 0 Å². The van der Waals surface area contributed by atoms with E-state index in [1.807, 2.05) is 53.4 Å². The fraction of sp³-hybridized carbons (Fsp3) is 0.233. The quantitative estimate of drug-likeness (QED) is 0.357. The van der Waals surface area contributed by atoms with Gasteiger partial charge in [-0.05, 0) is 84.7 Å². The van der Waals surface area contributed by atoms with E-state index in [1.54, 1.807) is 12.1 Å². The standard InChI is InChI=1S/C30H29NO3/c1-20-14-16-31(17-15-20)30(33)23-8-11-26(12-9-23)34-29-27-13-10-25(32)19-24(27)18-21(2)28(29)22-6-4-3-5-7-22/h3-13,18-20,32H,14-17H2,1-2H3. The maximum absolute atomic E-state index is 12.9. The molecule has 1 heterocycles. The largest absolute Gasteiger partial charge is 0.508 e. The minimum Gasteiger partial charge on any atom is -0.508 e. The lowest BCUT2D eigenvalue weighted by Crippen LogP contribution is -2.37. The third kappa shape index (κ3) is 4.36. The molecule has 4 aromatic rings. The number of hydrogen-bond acceptors (Lipinski definition) is 3. The van der Waals surface area contributed by atoms with E-state index in [1.165, 1.54) is 0 Å². The van der Waals surface area contributed by atoms with Crippen LogP contribution in [0.1, 0.15) is 35.7 Å². The fourth-order valence-electron chi connectivity index (χ4n) is 4.74. The number of amides is 1. The summed E-state index contributed by atoms with van der Waals surface area (Å²) in [7, 11) is 0. The molecular weight excluding hydrogens is 422 g/mol. The highest BCUT2D eigenvalue weighted by atomic mass is 16.5. The molecule has 1 aliphatic heterocycles. The Labute approximate surface area is 200 Å². The summed E-state index contributed by atoms with van der Waals surface area (Å²) in [6.07, 6.45) is 2.12. The number of phenols is 1. The second-order valence-electron chi connectivity index (χ2n) is 9.27. The first-order valence-corrected chi connectivity index (χ1v) is 11.9. The lowest BCUT2D eigenvalue weighted by atomic mass is 9.94. The van der Waals surface area contributed by atoms with Gasteiger partial charge in [-0.15, -0.1) is 0 Å². The van der Waals surface area contributed by atoms with Crippen molar-refractivity contribution < 1.29 is 14.6 Å². The summed E-state index contributed by atoms with van der Waals surface area (Å²) < 4.78 is 6.49. The molecule has 172 valence electrons. The molecule has 4 aromatic carbocycles. The van der Waals surface area contributed by atoms with Crippen molar-refractivity contribution in [3.05, 3.63) is 90.0 Å². The number of carbonyl (C=O) groups excluding carboxylic acids is 1. The average Bonchev–Trinajstić information content (AvgIpc) is 2.85. The lowest BCUT2D eigenvalue weighted by Gasteiger charge is -2.30. The van der Waals surface area contributed by atoms with Crippen LogP contribution in [-0.2, 0) is 0 Å². The number of hydrogen-bond donors (Lipinski definition) is 1. The summed E-state index contributed by atoms with van der Waals surface area (Å²) in [5.74, 6) is 2.40. The number of benzene rings is 4. The van der Waals surface area contributed by atoms with Crippen molar-refractivity contribution in [2.75, 3.05) is 13.1 Å². The van der Waals surface area contributed by atoms with Crippen molar-refractivity contribution in [2.24, 2.45) is 5.92 Å². The first-order valence-electron chi connectivity index (χ1n) is 11.9. The van der Waals surface area contributed by atoms with Crippen LogP contribution in [0.15, 0.2) is 78.9 Å². The van der Waals surface area contributed by atoms with Gasteiger partial charge in [0.2, 0.25) is 0 Å². The molecule has 0 aromatic heterocycles. The zero-order valence-corrected chi connectivity index (χ0v) is 19.6. The number of likely N-dealkylation sites (tertiary alicyclic amines) is 1. The first kappa shape index (κ1) is 22.0. The Bertz CT molecular complexity index is 1320. The SMILES string of the molecule is Cc1cc2cc(O)ccc2c(Oc2ccc(C(=O)N3CCC(C)CC3)cc2)c1-c1ccccc1. The van der Waals surface area contributed by atoms with Gasteiger partial charge in [0.15, 0.2) is 0 Å². The Kier molecular flexibility index (Phi) is 5.97. The number of carbonyl (C=O) groups is 1. The van der Waals surface area contributed by atoms with Crippen LogP contribution in [0.4, 0.5) is 0 Å². The Morgan fingerprint density at radius 2 is 1.65 bits per heavy atom. The van der Waals surface area contributed by atoms with Crippen LogP contribution in [0, 0.1) is 12.8 Å². The molecule has 4 nitrogen and oxygen atoms in total. The molecule has 0 bridgehead atoms. The number of rotatable bonds is 4. The Morgan fingerprint density at radius 1 is 0.941 bits per heavy atom. The monoisotopic (exact) mass is 451 g/mol. The Hall–Kier alpha value is -3.79. The number of aryl methyl sites for hydroxylation is 1. The van der Waals surface area contributed by atoms with Gasteiger partial charge in [-0.3, -0.25) is 4.79 Å². The second kappa shape index (κ2) is 9.22. The van der Waals surface area contributed by atoms with E-state index in [2.05, 4.69) is 32.0 Å². The molecule has 5 rings (SSSR count). The topological polar surface area (TPSA) is 49.8 Å². The van der Waals surface area contributed by atoms with E-state index < -0.39 is 0 Å². The molecule has 0 unspecified atom stereocenters. The van der Waals surface area contributed by atoms with E-state index in [9.17, 15) is 9.90 Å². The van der Waals surface area contributed by atoms with Crippen LogP contribution in [0.3, 0.4) is 0 Å². The van der Waals surface area contributed by atoms with Crippen LogP contribution in [0.25, 0.3) is 21.9 Å². The maximum Gasteiger partial charge on any atom is 0.253 e. The summed E-state index contributed by atoms with van der Waals surface area (Å²) in [6, 6.07) is 25.0. The molecule has 1 fully saturated rings. The van der Waals surface area contributed by atoms with Crippen LogP contribution in [0.5, 0.6) is 17.2 Å². The zero-order valence-electron chi connectivity index (χ0n) is 19.6. The van der Waals surface area contributed by atoms with Crippen molar-refractivity contribution in [1.29, 1.82) is 0 Å². The molecule has 0 spiro atoms. The number of nitrogens with zero attached hydrogens (tertiary/aromatic N) is 1. The van der Waals surface area contributed by atoms with Gasteiger partial charge >= 0.3 is 0 Å². The van der Waals surface area contributed by atoms with Crippen LogP contribution in [-0.4, -0.2) is 29.0 Å². The van der Waals surface area contributed by atoms with Crippen LogP contribution >= 0.6 is 0 Å². The third-order valence-corrected chi connectivity index (χ3v) is 6.73. The molecule has 1 aliphatic rings. The highest BCUT2D eigenvalue weighted by Crippen LogP contribution is 2.42. The molecule has 0 saturated carbocycles. The molecule has 0 atom stereocenters. The molecule has 0 aliphatic carbocycles. The van der Waals surface area contributed by atoms with Crippen LogP contribution < -0.4 is 4.74 Å². The normalized spacial score (nSPS) is 14.4. The molecule has 34 heavy (non-hydrogen) atoms. The van der Waals surface area contributed by atoms with Gasteiger partial charge in [-0.25, -0.2) is 0 Å². The molecule has 1 saturated heterocycles. The molecular formula is C30H29NO3. The Morgan fingerprint density at radius 3 is 2.35 bits per heavy atom. The molecule has 0 radical (unpaired) electrons. The third-order valence-electron chi connectivity index (χ3n) is 6.73. The van der Waals surface area contributed by atoms with Gasteiger partial charge in [0.25, 0.3) is 5.91 Å². The van der Waals surface area contributed by atoms with E-state index >= 15 is 0 Å². The number of ether oxygens (including phenoxy) is 1. The predicted octanol–water partition coefficient (Wildman–Crippen LogP) is 7.19. The van der Waals surface area contributed by atoms with Crippen molar-refractivity contribution in [3.8, 4) is 28.4 Å². The zero-order chi connectivity index (χ0) is 23.7. The highest BCUT2D eigenvalue weighted by molar-refractivity contribution is 5.98. The summed E-state index contributed by atoms with van der Waals surface area (Å²) in [4.78, 5) is 14.9. The number of fused-ring (bicyclic) bond motifs is 1. The second-order valence-corrected chi connectivity index (χ2v) is 9.27. The number of piperidine rings is 1. The molecule has 4 heteroatoms. The first-order chi connectivity index (χ1) is 16.5. The fourth-order valence-corrected chi connectivity index (χ4v) is 4.74. The minimum absolute atomic E-state index is 0.0832. The summed E-state index contributed by atoms with van der Waals surface area (Å²) in [6.45, 7) is 5.94. The number of phenolic OH excluding ortho intramolecular Hbond substituents is 1. The summed E-state index contributed by atoms with van der Waals surface area (Å²) >= 11 is 0. The van der Waals surface area contributed by atoms with Crippen molar-refractivity contribution in [2.45, 2.75) is 26.7 Å². The van der Waals surface area contributed by atoms with Crippen molar-refractivity contribution in [1.82, 2.24) is 4.90 Å². The van der Waals surface area contributed by atoms with Gasteiger partial charge < -0.3 is 14.7 Å². The number of aromatic hydroxyl groups is 1. The van der Waals surface area contributed by atoms with E-state index in [0.717, 1.165) is 59.1 Å². The average molecular weight is 452 g/mol. The van der Waals surface area contributed by atoms with Crippen molar-refractivity contribution in [3.63, 3.8) is 0 Å². The van der Waals surface area contributed by atoms with Crippen molar-refractivity contribution >= 4 is 16.7 Å². The van der Waals surface area contributed by atoms with Gasteiger partial charge in [0.1, 0.15) is 17.2 Å². The minimum atomic E-state index is 0.0832. The summed E-state index contributed by atoms with van der Waals surface area (Å²) in [5, 5.41) is 11.9. The smallest absolute Gasteiger partial charge is 0.253 e.